The molecule has 0 aliphatic carbocycles. The molecular formula is C23H31NO7S2. The second-order valence-corrected chi connectivity index (χ2v) is 12.5. The predicted octanol–water partition coefficient (Wildman–Crippen LogP) is 2.10. The van der Waals surface area contributed by atoms with Gasteiger partial charge in [0, 0.05) is 6.04 Å². The van der Waals surface area contributed by atoms with Crippen LogP contribution in [0.1, 0.15) is 16.7 Å². The largest absolute Gasteiger partial charge is 0.496 e. The van der Waals surface area contributed by atoms with Crippen LogP contribution in [0.5, 0.6) is 17.2 Å². The van der Waals surface area contributed by atoms with Gasteiger partial charge in [-0.2, -0.15) is 0 Å². The standard InChI is InChI=1S/C23H31NO7S2/c1-15-11-22(16(2)10-20(15)30-4)33(27,28)23-14-32(25,26)13-18(23)24-9-8-17-6-7-19(29-3)21(12-17)31-5/h6-7,10-12,18,23-24H,8-9,13-14H2,1-5H3/t18-,23-/m0/s1. The average Bonchev–Trinajstić information content (AvgIpc) is 3.09. The van der Waals surface area contributed by atoms with Crippen molar-refractivity contribution in [1.82, 2.24) is 5.32 Å². The zero-order valence-corrected chi connectivity index (χ0v) is 21.2. The van der Waals surface area contributed by atoms with Crippen LogP contribution >= 0.6 is 0 Å². The Labute approximate surface area is 196 Å². The van der Waals surface area contributed by atoms with E-state index in [0.717, 1.165) is 5.56 Å². The Morgan fingerprint density at radius 3 is 2.21 bits per heavy atom. The minimum absolute atomic E-state index is 0.148. The summed E-state index contributed by atoms with van der Waals surface area (Å²) >= 11 is 0. The van der Waals surface area contributed by atoms with Gasteiger partial charge in [-0.05, 0) is 67.8 Å². The maximum absolute atomic E-state index is 13.5. The molecule has 1 fully saturated rings. The lowest BCUT2D eigenvalue weighted by Gasteiger charge is -2.22. The van der Waals surface area contributed by atoms with E-state index in [0.29, 0.717) is 41.3 Å². The summed E-state index contributed by atoms with van der Waals surface area (Å²) in [6.45, 7) is 3.88. The molecule has 0 amide bonds. The highest BCUT2D eigenvalue weighted by molar-refractivity contribution is 7.96. The first-order valence-corrected chi connectivity index (χ1v) is 13.9. The topological polar surface area (TPSA) is 108 Å². The van der Waals surface area contributed by atoms with Gasteiger partial charge in [-0.25, -0.2) is 16.8 Å². The third-order valence-electron chi connectivity index (χ3n) is 5.97. The number of ether oxygens (including phenoxy) is 3. The smallest absolute Gasteiger partial charge is 0.184 e. The molecule has 8 nitrogen and oxygen atoms in total. The normalized spacial score (nSPS) is 19.9. The average molecular weight is 498 g/mol. The van der Waals surface area contributed by atoms with Crippen LogP contribution in [0.15, 0.2) is 35.2 Å². The molecule has 2 atom stereocenters. The number of hydrogen-bond donors (Lipinski definition) is 1. The SMILES string of the molecule is COc1cc(C)c(S(=O)(=O)[C@H]2CS(=O)(=O)C[C@@H]2NCCc2ccc(OC)c(OC)c2)cc1C. The zero-order valence-electron chi connectivity index (χ0n) is 19.5. The van der Waals surface area contributed by atoms with Gasteiger partial charge < -0.3 is 19.5 Å². The Hall–Kier alpha value is -2.30. The van der Waals surface area contributed by atoms with E-state index in [9.17, 15) is 16.8 Å². The summed E-state index contributed by atoms with van der Waals surface area (Å²) in [7, 11) is -2.73. The molecule has 2 aromatic carbocycles. The van der Waals surface area contributed by atoms with Crippen molar-refractivity contribution in [3.05, 3.63) is 47.0 Å². The van der Waals surface area contributed by atoms with Gasteiger partial charge in [0.25, 0.3) is 0 Å². The second kappa shape index (κ2) is 9.90. The number of methoxy groups -OCH3 is 3. The van der Waals surface area contributed by atoms with Crippen LogP contribution in [0, 0.1) is 13.8 Å². The molecule has 1 heterocycles. The van der Waals surface area contributed by atoms with Gasteiger partial charge in [0.1, 0.15) is 5.75 Å². The van der Waals surface area contributed by atoms with Crippen molar-refractivity contribution in [3.8, 4) is 17.2 Å². The molecule has 2 aromatic rings. The third kappa shape index (κ3) is 5.44. The summed E-state index contributed by atoms with van der Waals surface area (Å²) in [5, 5.41) is 2.12. The Bertz CT molecular complexity index is 1220. The third-order valence-corrected chi connectivity index (χ3v) is 10.3. The van der Waals surface area contributed by atoms with E-state index >= 15 is 0 Å². The lowest BCUT2D eigenvalue weighted by atomic mass is 10.1. The lowest BCUT2D eigenvalue weighted by Crippen LogP contribution is -2.44. The number of sulfone groups is 2. The molecule has 33 heavy (non-hydrogen) atoms. The first-order chi connectivity index (χ1) is 15.5. The Kier molecular flexibility index (Phi) is 7.60. The van der Waals surface area contributed by atoms with Crippen LogP contribution < -0.4 is 19.5 Å². The molecule has 0 aromatic heterocycles. The van der Waals surface area contributed by atoms with E-state index in [-0.39, 0.29) is 10.6 Å². The first kappa shape index (κ1) is 25.3. The van der Waals surface area contributed by atoms with Gasteiger partial charge in [-0.15, -0.1) is 0 Å². The molecule has 3 rings (SSSR count). The zero-order chi connectivity index (χ0) is 24.4. The number of aryl methyl sites for hydroxylation is 2. The maximum atomic E-state index is 13.5. The van der Waals surface area contributed by atoms with Gasteiger partial charge in [0.05, 0.1) is 43.0 Å². The van der Waals surface area contributed by atoms with E-state index in [2.05, 4.69) is 5.32 Å². The van der Waals surface area contributed by atoms with Crippen LogP contribution in [0.25, 0.3) is 0 Å². The summed E-state index contributed by atoms with van der Waals surface area (Å²) in [6, 6.07) is 8.09. The van der Waals surface area contributed by atoms with E-state index in [1.165, 1.54) is 7.11 Å². The van der Waals surface area contributed by atoms with Crippen molar-refractivity contribution >= 4 is 19.7 Å². The van der Waals surface area contributed by atoms with Crippen molar-refractivity contribution in [2.45, 2.75) is 36.5 Å². The molecule has 0 spiro atoms. The van der Waals surface area contributed by atoms with Crippen LogP contribution in [-0.4, -0.2) is 67.5 Å². The molecule has 1 N–H and O–H groups in total. The van der Waals surface area contributed by atoms with Gasteiger partial charge >= 0.3 is 0 Å². The number of nitrogens with one attached hydrogen (secondary N) is 1. The second-order valence-electron chi connectivity index (χ2n) is 8.25. The molecular weight excluding hydrogens is 466 g/mol. The number of rotatable bonds is 9. The summed E-state index contributed by atoms with van der Waals surface area (Å²) in [5.74, 6) is 1.21. The molecule has 10 heteroatoms. The number of benzene rings is 2. The van der Waals surface area contributed by atoms with Crippen LogP contribution in [0.3, 0.4) is 0 Å². The minimum atomic E-state index is -3.89. The minimum Gasteiger partial charge on any atom is -0.496 e. The quantitative estimate of drug-likeness (QED) is 0.561. The summed E-state index contributed by atoms with van der Waals surface area (Å²) in [4.78, 5) is 0.148. The van der Waals surface area contributed by atoms with Crippen molar-refractivity contribution in [1.29, 1.82) is 0 Å². The van der Waals surface area contributed by atoms with Crippen LogP contribution in [-0.2, 0) is 26.1 Å². The molecule has 1 aliphatic rings. The Morgan fingerprint density at radius 2 is 1.58 bits per heavy atom. The van der Waals surface area contributed by atoms with Crippen molar-refractivity contribution in [2.24, 2.45) is 0 Å². The maximum Gasteiger partial charge on any atom is 0.184 e. The van der Waals surface area contributed by atoms with Gasteiger partial charge in [-0.1, -0.05) is 6.07 Å². The molecule has 0 bridgehead atoms. The highest BCUT2D eigenvalue weighted by atomic mass is 32.2. The number of hydrogen-bond acceptors (Lipinski definition) is 8. The summed E-state index contributed by atoms with van der Waals surface area (Å²) in [5.41, 5.74) is 2.17. The van der Waals surface area contributed by atoms with E-state index < -0.39 is 36.7 Å². The predicted molar refractivity (Wildman–Crippen MR) is 127 cm³/mol. The van der Waals surface area contributed by atoms with E-state index in [4.69, 9.17) is 14.2 Å². The fraction of sp³-hybridized carbons (Fsp3) is 0.478. The molecule has 0 saturated carbocycles. The summed E-state index contributed by atoms with van der Waals surface area (Å²) in [6.07, 6.45) is 0.574. The molecule has 0 unspecified atom stereocenters. The highest BCUT2D eigenvalue weighted by Gasteiger charge is 2.46. The highest BCUT2D eigenvalue weighted by Crippen LogP contribution is 2.32. The Balaban J connectivity index is 1.80. The molecule has 1 saturated heterocycles. The van der Waals surface area contributed by atoms with E-state index in [1.54, 1.807) is 46.3 Å². The van der Waals surface area contributed by atoms with Crippen molar-refractivity contribution < 1.29 is 31.0 Å². The summed E-state index contributed by atoms with van der Waals surface area (Å²) < 4.78 is 67.7. The van der Waals surface area contributed by atoms with Crippen molar-refractivity contribution in [2.75, 3.05) is 39.4 Å². The first-order valence-electron chi connectivity index (χ1n) is 10.6. The molecule has 182 valence electrons. The molecule has 1 aliphatic heterocycles. The Morgan fingerprint density at radius 1 is 0.909 bits per heavy atom. The fourth-order valence-corrected chi connectivity index (χ4v) is 9.23. The van der Waals surface area contributed by atoms with Crippen LogP contribution in [0.2, 0.25) is 0 Å². The van der Waals surface area contributed by atoms with Gasteiger partial charge in [-0.3, -0.25) is 0 Å². The lowest BCUT2D eigenvalue weighted by molar-refractivity contribution is 0.354. The fourth-order valence-electron chi connectivity index (χ4n) is 4.20. The van der Waals surface area contributed by atoms with Crippen molar-refractivity contribution in [3.63, 3.8) is 0 Å². The van der Waals surface area contributed by atoms with Crippen LogP contribution in [0.4, 0.5) is 0 Å². The monoisotopic (exact) mass is 497 g/mol. The van der Waals surface area contributed by atoms with E-state index in [1.807, 2.05) is 12.1 Å². The molecule has 0 radical (unpaired) electrons. The van der Waals surface area contributed by atoms with Gasteiger partial charge in [0.2, 0.25) is 0 Å². The van der Waals surface area contributed by atoms with Gasteiger partial charge in [0.15, 0.2) is 31.2 Å².